The molecule has 0 aromatic heterocycles. The number of hydrogen-bond acceptors (Lipinski definition) is 6. The van der Waals surface area contributed by atoms with Crippen LogP contribution in [0.25, 0.3) is 0 Å². The molecule has 3 aliphatic rings. The first kappa shape index (κ1) is 20.8. The van der Waals surface area contributed by atoms with E-state index in [-0.39, 0.29) is 41.6 Å². The molecule has 1 aliphatic heterocycles. The number of rotatable bonds is 6. The van der Waals surface area contributed by atoms with Crippen molar-refractivity contribution in [2.24, 2.45) is 11.8 Å². The molecule has 2 aliphatic carbocycles. The van der Waals surface area contributed by atoms with Crippen LogP contribution in [0, 0.1) is 11.8 Å². The van der Waals surface area contributed by atoms with Crippen molar-refractivity contribution in [2.75, 3.05) is 6.61 Å². The van der Waals surface area contributed by atoms with Gasteiger partial charge >= 0.3 is 5.97 Å². The van der Waals surface area contributed by atoms with Crippen LogP contribution in [0.15, 0.2) is 36.3 Å². The van der Waals surface area contributed by atoms with Crippen LogP contribution in [0.5, 0.6) is 11.5 Å². The van der Waals surface area contributed by atoms with Gasteiger partial charge in [-0.25, -0.2) is 0 Å². The summed E-state index contributed by atoms with van der Waals surface area (Å²) in [7, 11) is 0. The van der Waals surface area contributed by atoms with E-state index in [1.807, 2.05) is 25.1 Å². The van der Waals surface area contributed by atoms with Gasteiger partial charge in [-0.05, 0) is 44.7 Å². The van der Waals surface area contributed by atoms with E-state index in [1.165, 1.54) is 12.7 Å². The number of hydrogen-bond donors (Lipinski definition) is 0. The number of carbonyl (C=O) groups excluding carboxylic acids is 2. The fourth-order valence-corrected chi connectivity index (χ4v) is 4.64. The van der Waals surface area contributed by atoms with Gasteiger partial charge in [0.1, 0.15) is 18.5 Å². The predicted octanol–water partition coefficient (Wildman–Crippen LogP) is 4.57. The molecule has 0 N–H and O–H groups in total. The highest BCUT2D eigenvalue weighted by Crippen LogP contribution is 2.37. The van der Waals surface area contributed by atoms with E-state index < -0.39 is 0 Å². The second-order valence-corrected chi connectivity index (χ2v) is 8.32. The fraction of sp³-hybridized carbons (Fsp3) is 0.583. The molecule has 1 aromatic carbocycles. The lowest BCUT2D eigenvalue weighted by Gasteiger charge is -2.37. The Kier molecular flexibility index (Phi) is 6.60. The van der Waals surface area contributed by atoms with Crippen LogP contribution in [0.2, 0.25) is 0 Å². The van der Waals surface area contributed by atoms with Crippen molar-refractivity contribution in [1.82, 2.24) is 0 Å². The summed E-state index contributed by atoms with van der Waals surface area (Å²) in [6, 6.07) is 7.27. The lowest BCUT2D eigenvalue weighted by atomic mass is 9.80. The van der Waals surface area contributed by atoms with E-state index in [0.717, 1.165) is 25.7 Å². The normalized spacial score (nSPS) is 26.8. The van der Waals surface area contributed by atoms with E-state index in [9.17, 15) is 9.59 Å². The molecule has 2 fully saturated rings. The average molecular weight is 414 g/mol. The summed E-state index contributed by atoms with van der Waals surface area (Å²) >= 11 is 0. The summed E-state index contributed by atoms with van der Waals surface area (Å²) in [6.07, 6.45) is 8.08. The lowest BCUT2D eigenvalue weighted by molar-refractivity contribution is -0.160. The van der Waals surface area contributed by atoms with Gasteiger partial charge in [0.25, 0.3) is 0 Å². The van der Waals surface area contributed by atoms with Crippen LogP contribution >= 0.6 is 0 Å². The third-order valence-electron chi connectivity index (χ3n) is 6.26. The number of para-hydroxylation sites is 2. The highest BCUT2D eigenvalue weighted by atomic mass is 16.6. The number of allylic oxidation sites excluding steroid dienone is 1. The van der Waals surface area contributed by atoms with Gasteiger partial charge in [0.05, 0.1) is 18.4 Å². The summed E-state index contributed by atoms with van der Waals surface area (Å²) < 4.78 is 23.1. The Morgan fingerprint density at radius 1 is 1.07 bits per heavy atom. The topological polar surface area (TPSA) is 71.1 Å². The molecule has 0 radical (unpaired) electrons. The molecule has 6 heteroatoms. The van der Waals surface area contributed by atoms with Crippen molar-refractivity contribution in [3.63, 3.8) is 0 Å². The van der Waals surface area contributed by atoms with Crippen LogP contribution in [0.1, 0.15) is 58.3 Å². The maximum absolute atomic E-state index is 13.0. The van der Waals surface area contributed by atoms with Crippen molar-refractivity contribution >= 4 is 11.8 Å². The van der Waals surface area contributed by atoms with Crippen molar-refractivity contribution in [3.05, 3.63) is 36.3 Å². The Morgan fingerprint density at radius 3 is 2.60 bits per heavy atom. The molecule has 30 heavy (non-hydrogen) atoms. The van der Waals surface area contributed by atoms with Crippen LogP contribution in [-0.4, -0.2) is 30.6 Å². The molecule has 4 rings (SSSR count). The van der Waals surface area contributed by atoms with E-state index >= 15 is 0 Å². The van der Waals surface area contributed by atoms with E-state index in [2.05, 4.69) is 0 Å². The molecule has 6 nitrogen and oxygen atoms in total. The van der Waals surface area contributed by atoms with Gasteiger partial charge < -0.3 is 18.9 Å². The predicted molar refractivity (Wildman–Crippen MR) is 110 cm³/mol. The van der Waals surface area contributed by atoms with Gasteiger partial charge in [0.15, 0.2) is 11.5 Å². The molecule has 1 aromatic rings. The van der Waals surface area contributed by atoms with Crippen molar-refractivity contribution in [1.29, 1.82) is 0 Å². The van der Waals surface area contributed by atoms with Crippen LogP contribution in [0.3, 0.4) is 0 Å². The molecule has 1 heterocycles. The lowest BCUT2D eigenvalue weighted by Crippen LogP contribution is -2.43. The highest BCUT2D eigenvalue weighted by Gasteiger charge is 2.42. The van der Waals surface area contributed by atoms with Gasteiger partial charge in [-0.3, -0.25) is 9.59 Å². The molecule has 3 atom stereocenters. The number of benzene rings is 1. The summed E-state index contributed by atoms with van der Waals surface area (Å²) in [5.74, 6) is 0.915. The SMILES string of the molecule is CCOc1ccccc1OC1=COC2CC(OC(=O)C3CCCCC3)CCC2C1=O. The Hall–Kier alpha value is -2.50. The minimum absolute atomic E-state index is 0.0377. The zero-order valence-corrected chi connectivity index (χ0v) is 17.5. The van der Waals surface area contributed by atoms with Crippen LogP contribution < -0.4 is 9.47 Å². The quantitative estimate of drug-likeness (QED) is 0.635. The molecule has 0 spiro atoms. The number of Topliss-reactive ketones (excluding diaryl/α,β-unsaturated/α-hetero) is 1. The Bertz CT molecular complexity index is 795. The van der Waals surface area contributed by atoms with Crippen LogP contribution in [-0.2, 0) is 19.1 Å². The van der Waals surface area contributed by atoms with Gasteiger partial charge in [-0.2, -0.15) is 0 Å². The largest absolute Gasteiger partial charge is 0.493 e. The monoisotopic (exact) mass is 414 g/mol. The van der Waals surface area contributed by atoms with Crippen molar-refractivity contribution < 1.29 is 28.5 Å². The zero-order valence-electron chi connectivity index (χ0n) is 17.5. The Labute approximate surface area is 177 Å². The van der Waals surface area contributed by atoms with E-state index in [1.54, 1.807) is 6.07 Å². The van der Waals surface area contributed by atoms with E-state index in [0.29, 0.717) is 37.4 Å². The van der Waals surface area contributed by atoms with Crippen molar-refractivity contribution in [3.8, 4) is 11.5 Å². The smallest absolute Gasteiger partial charge is 0.309 e. The number of ether oxygens (including phenoxy) is 4. The molecule has 3 unspecified atom stereocenters. The standard InChI is InChI=1S/C24H30O6/c1-2-27-19-10-6-7-11-20(19)30-22-15-28-21-14-17(12-13-18(21)23(22)25)29-24(26)16-8-4-3-5-9-16/h6-7,10-11,15-18,21H,2-5,8-9,12-14H2,1H3. The highest BCUT2D eigenvalue weighted by molar-refractivity contribution is 5.96. The molecule has 0 saturated heterocycles. The maximum Gasteiger partial charge on any atom is 0.309 e. The van der Waals surface area contributed by atoms with Gasteiger partial charge in [0.2, 0.25) is 11.5 Å². The first-order valence-electron chi connectivity index (χ1n) is 11.2. The second-order valence-electron chi connectivity index (χ2n) is 8.32. The molecular formula is C24H30O6. The maximum atomic E-state index is 13.0. The fourth-order valence-electron chi connectivity index (χ4n) is 4.64. The molecule has 162 valence electrons. The van der Waals surface area contributed by atoms with E-state index in [4.69, 9.17) is 18.9 Å². The second kappa shape index (κ2) is 9.54. The minimum atomic E-state index is -0.273. The van der Waals surface area contributed by atoms with Gasteiger partial charge in [-0.15, -0.1) is 0 Å². The first-order chi connectivity index (χ1) is 14.7. The Morgan fingerprint density at radius 2 is 1.83 bits per heavy atom. The number of esters is 1. The molecule has 0 amide bonds. The summed E-state index contributed by atoms with van der Waals surface area (Å²) in [5, 5.41) is 0. The molecule has 2 saturated carbocycles. The third kappa shape index (κ3) is 4.63. The number of ketones is 1. The summed E-state index contributed by atoms with van der Waals surface area (Å²) in [4.78, 5) is 25.4. The van der Waals surface area contributed by atoms with Gasteiger partial charge in [0, 0.05) is 6.42 Å². The first-order valence-corrected chi connectivity index (χ1v) is 11.2. The zero-order chi connectivity index (χ0) is 20.9. The number of fused-ring (bicyclic) bond motifs is 1. The number of carbonyl (C=O) groups is 2. The van der Waals surface area contributed by atoms with Gasteiger partial charge in [-0.1, -0.05) is 31.4 Å². The molecule has 0 bridgehead atoms. The van der Waals surface area contributed by atoms with Crippen LogP contribution in [0.4, 0.5) is 0 Å². The average Bonchev–Trinajstić information content (AvgIpc) is 2.78. The summed E-state index contributed by atoms with van der Waals surface area (Å²) in [6.45, 7) is 2.41. The third-order valence-corrected chi connectivity index (χ3v) is 6.26. The Balaban J connectivity index is 1.36. The summed E-state index contributed by atoms with van der Waals surface area (Å²) in [5.41, 5.74) is 0. The minimum Gasteiger partial charge on any atom is -0.493 e. The van der Waals surface area contributed by atoms with Crippen molar-refractivity contribution in [2.45, 2.75) is 70.5 Å². The molecular weight excluding hydrogens is 384 g/mol.